The van der Waals surface area contributed by atoms with Crippen molar-refractivity contribution in [3.8, 4) is 5.75 Å². The highest BCUT2D eigenvalue weighted by molar-refractivity contribution is 5.94. The smallest absolute Gasteiger partial charge is 0.326 e. The first-order valence-electron chi connectivity index (χ1n) is 11.9. The van der Waals surface area contributed by atoms with E-state index in [-0.39, 0.29) is 18.6 Å². The summed E-state index contributed by atoms with van der Waals surface area (Å²) in [7, 11) is 0. The fourth-order valence-electron chi connectivity index (χ4n) is 3.89. The van der Waals surface area contributed by atoms with Gasteiger partial charge in [0.1, 0.15) is 17.8 Å². The molecular formula is C26H29N5O8. The lowest BCUT2D eigenvalue weighted by molar-refractivity contribution is -0.141. The molecule has 2 aromatic carbocycles. The highest BCUT2D eigenvalue weighted by Crippen LogP contribution is 2.19. The molecule has 0 fully saturated rings. The van der Waals surface area contributed by atoms with Crippen LogP contribution in [-0.2, 0) is 36.8 Å². The summed E-state index contributed by atoms with van der Waals surface area (Å²) in [6, 6.07) is 9.19. The Kier molecular flexibility index (Phi) is 9.59. The first kappa shape index (κ1) is 28.7. The molecule has 1 aromatic heterocycles. The number of benzene rings is 2. The number of fused-ring (bicyclic) bond motifs is 1. The standard InChI is InChI=1S/C26H29N5O8/c27-18(11-23(34)35)24(36)31-20(10-15-12-28-19-4-2-1-3-17(15)19)25(37)29-13-22(33)30-21(26(38)39)9-14-5-7-16(32)8-6-14/h1-8,12,18,20-21,28,32H,9-11,13,27H2,(H,29,37)(H,30,33)(H,31,36)(H,34,35)(H,38,39). The number of carboxylic acids is 2. The predicted molar refractivity (Wildman–Crippen MR) is 139 cm³/mol. The van der Waals surface area contributed by atoms with Crippen LogP contribution < -0.4 is 21.7 Å². The molecule has 13 heteroatoms. The molecule has 0 radical (unpaired) electrons. The molecule has 0 spiro atoms. The number of aromatic amines is 1. The van der Waals surface area contributed by atoms with Crippen LogP contribution in [0.3, 0.4) is 0 Å². The minimum atomic E-state index is -1.40. The maximum absolute atomic E-state index is 13.0. The number of aromatic hydroxyl groups is 1. The van der Waals surface area contributed by atoms with E-state index in [1.54, 1.807) is 12.3 Å². The van der Waals surface area contributed by atoms with E-state index in [1.165, 1.54) is 24.3 Å². The molecule has 0 bridgehead atoms. The van der Waals surface area contributed by atoms with Gasteiger partial charge in [0.05, 0.1) is 19.0 Å². The molecule has 3 unspecified atom stereocenters. The van der Waals surface area contributed by atoms with Crippen molar-refractivity contribution in [3.05, 3.63) is 65.9 Å². The van der Waals surface area contributed by atoms with Gasteiger partial charge in [-0.3, -0.25) is 19.2 Å². The SMILES string of the molecule is NC(CC(=O)O)C(=O)NC(Cc1c[nH]c2ccccc12)C(=O)NCC(=O)NC(Cc1ccc(O)cc1)C(=O)O. The van der Waals surface area contributed by atoms with Gasteiger partial charge >= 0.3 is 11.9 Å². The van der Waals surface area contributed by atoms with Gasteiger partial charge in [0.15, 0.2) is 0 Å². The number of carbonyl (C=O) groups excluding carboxylic acids is 3. The molecule has 39 heavy (non-hydrogen) atoms. The van der Waals surface area contributed by atoms with Crippen LogP contribution in [0.2, 0.25) is 0 Å². The van der Waals surface area contributed by atoms with Crippen molar-refractivity contribution in [2.24, 2.45) is 5.73 Å². The number of phenols is 1. The van der Waals surface area contributed by atoms with E-state index in [4.69, 9.17) is 10.8 Å². The largest absolute Gasteiger partial charge is 0.508 e. The summed E-state index contributed by atoms with van der Waals surface area (Å²) < 4.78 is 0. The third kappa shape index (κ3) is 8.30. The topological polar surface area (TPSA) is 224 Å². The highest BCUT2D eigenvalue weighted by atomic mass is 16.4. The van der Waals surface area contributed by atoms with Crippen molar-refractivity contribution in [2.45, 2.75) is 37.4 Å². The second-order valence-corrected chi connectivity index (χ2v) is 8.88. The number of carboxylic acid groups (broad SMARTS) is 2. The van der Waals surface area contributed by atoms with Crippen LogP contribution in [0.4, 0.5) is 0 Å². The second kappa shape index (κ2) is 13.1. The fraction of sp³-hybridized carbons (Fsp3) is 0.269. The summed E-state index contributed by atoms with van der Waals surface area (Å²) in [6.45, 7) is -0.584. The molecule has 3 atom stereocenters. The number of amides is 3. The zero-order valence-corrected chi connectivity index (χ0v) is 20.7. The first-order valence-corrected chi connectivity index (χ1v) is 11.9. The quantitative estimate of drug-likeness (QED) is 0.142. The van der Waals surface area contributed by atoms with Gasteiger partial charge < -0.3 is 42.0 Å². The Morgan fingerprint density at radius 1 is 0.872 bits per heavy atom. The van der Waals surface area contributed by atoms with Gasteiger partial charge in [-0.2, -0.15) is 0 Å². The minimum absolute atomic E-state index is 0.00159. The lowest BCUT2D eigenvalue weighted by Gasteiger charge is -2.21. The molecule has 1 heterocycles. The Morgan fingerprint density at radius 2 is 1.56 bits per heavy atom. The maximum atomic E-state index is 13.0. The lowest BCUT2D eigenvalue weighted by Crippen LogP contribution is -2.54. The Morgan fingerprint density at radius 3 is 2.23 bits per heavy atom. The van der Waals surface area contributed by atoms with Crippen molar-refractivity contribution in [1.82, 2.24) is 20.9 Å². The summed E-state index contributed by atoms with van der Waals surface area (Å²) in [6.07, 6.45) is 0.965. The second-order valence-electron chi connectivity index (χ2n) is 8.88. The average molecular weight is 540 g/mol. The molecule has 0 aliphatic heterocycles. The van der Waals surface area contributed by atoms with Crippen molar-refractivity contribution in [1.29, 1.82) is 0 Å². The number of aromatic nitrogens is 1. The minimum Gasteiger partial charge on any atom is -0.508 e. The summed E-state index contributed by atoms with van der Waals surface area (Å²) in [5.41, 5.74) is 7.68. The van der Waals surface area contributed by atoms with Crippen LogP contribution in [0.5, 0.6) is 5.75 Å². The normalized spacial score (nSPS) is 13.2. The van der Waals surface area contributed by atoms with Crippen molar-refractivity contribution < 1.29 is 39.3 Å². The number of H-pyrrole nitrogens is 1. The number of phenolic OH excluding ortho intramolecular Hbond substituents is 1. The number of hydrogen-bond donors (Lipinski definition) is 8. The van der Waals surface area contributed by atoms with E-state index >= 15 is 0 Å². The molecule has 0 saturated heterocycles. The number of carbonyl (C=O) groups is 5. The highest BCUT2D eigenvalue weighted by Gasteiger charge is 2.27. The number of nitrogens with two attached hydrogens (primary N) is 1. The first-order chi connectivity index (χ1) is 18.5. The molecule has 206 valence electrons. The van der Waals surface area contributed by atoms with Gasteiger partial charge in [-0.25, -0.2) is 4.79 Å². The summed E-state index contributed by atoms with van der Waals surface area (Å²) >= 11 is 0. The van der Waals surface area contributed by atoms with E-state index in [2.05, 4.69) is 20.9 Å². The third-order valence-corrected chi connectivity index (χ3v) is 5.90. The van der Waals surface area contributed by atoms with E-state index in [0.717, 1.165) is 10.9 Å². The molecule has 3 rings (SSSR count). The van der Waals surface area contributed by atoms with Crippen LogP contribution in [-0.4, -0.2) is 74.6 Å². The van der Waals surface area contributed by atoms with Gasteiger partial charge in [-0.15, -0.1) is 0 Å². The van der Waals surface area contributed by atoms with Crippen molar-refractivity contribution in [2.75, 3.05) is 6.54 Å². The molecule has 3 aromatic rings. The number of aliphatic carboxylic acids is 2. The molecule has 0 aliphatic carbocycles. The van der Waals surface area contributed by atoms with E-state index in [9.17, 15) is 34.2 Å². The zero-order chi connectivity index (χ0) is 28.5. The Labute approximate surface area is 222 Å². The van der Waals surface area contributed by atoms with Crippen LogP contribution in [0.1, 0.15) is 17.5 Å². The zero-order valence-electron chi connectivity index (χ0n) is 20.7. The summed E-state index contributed by atoms with van der Waals surface area (Å²) in [5, 5.41) is 35.8. The lowest BCUT2D eigenvalue weighted by atomic mass is 10.0. The average Bonchev–Trinajstić information content (AvgIpc) is 3.30. The molecule has 0 saturated carbocycles. The van der Waals surface area contributed by atoms with Gasteiger partial charge in [-0.1, -0.05) is 30.3 Å². The molecule has 13 nitrogen and oxygen atoms in total. The van der Waals surface area contributed by atoms with E-state index in [1.807, 2.05) is 18.2 Å². The van der Waals surface area contributed by atoms with Crippen LogP contribution in [0, 0.1) is 0 Å². The Balaban J connectivity index is 1.67. The Bertz CT molecular complexity index is 1350. The maximum Gasteiger partial charge on any atom is 0.326 e. The van der Waals surface area contributed by atoms with Crippen LogP contribution in [0.25, 0.3) is 10.9 Å². The number of rotatable bonds is 13. The van der Waals surface area contributed by atoms with Gasteiger partial charge in [0.2, 0.25) is 17.7 Å². The number of nitrogens with one attached hydrogen (secondary N) is 4. The third-order valence-electron chi connectivity index (χ3n) is 5.90. The summed E-state index contributed by atoms with van der Waals surface area (Å²) in [4.78, 5) is 63.6. The van der Waals surface area contributed by atoms with Gasteiger partial charge in [-0.05, 0) is 29.3 Å². The van der Waals surface area contributed by atoms with E-state index in [0.29, 0.717) is 11.1 Å². The summed E-state index contributed by atoms with van der Waals surface area (Å²) in [5.74, 6) is -4.96. The predicted octanol–water partition coefficient (Wildman–Crippen LogP) is -0.369. The van der Waals surface area contributed by atoms with Crippen molar-refractivity contribution >= 4 is 40.6 Å². The van der Waals surface area contributed by atoms with E-state index < -0.39 is 60.8 Å². The van der Waals surface area contributed by atoms with Crippen LogP contribution >= 0.6 is 0 Å². The number of para-hydroxylation sites is 1. The Hall–Kier alpha value is -4.91. The molecular weight excluding hydrogens is 510 g/mol. The molecule has 9 N–H and O–H groups in total. The fourth-order valence-corrected chi connectivity index (χ4v) is 3.89. The molecule has 0 aliphatic rings. The van der Waals surface area contributed by atoms with Gasteiger partial charge in [0, 0.05) is 29.9 Å². The molecule has 3 amide bonds. The van der Waals surface area contributed by atoms with Gasteiger partial charge in [0.25, 0.3) is 0 Å². The van der Waals surface area contributed by atoms with Crippen molar-refractivity contribution in [3.63, 3.8) is 0 Å². The monoisotopic (exact) mass is 539 g/mol. The number of hydrogen-bond acceptors (Lipinski definition) is 7. The van der Waals surface area contributed by atoms with Crippen LogP contribution in [0.15, 0.2) is 54.7 Å².